The van der Waals surface area contributed by atoms with E-state index in [0.717, 1.165) is 23.3 Å². The molecule has 0 bridgehead atoms. The van der Waals surface area contributed by atoms with Crippen LogP contribution in [0.3, 0.4) is 0 Å². The van der Waals surface area contributed by atoms with Crippen molar-refractivity contribution in [1.29, 1.82) is 0 Å². The fourth-order valence-electron chi connectivity index (χ4n) is 3.26. The second-order valence-corrected chi connectivity index (χ2v) is 7.13. The molecule has 1 N–H and O–H groups in total. The zero-order valence-electron chi connectivity index (χ0n) is 16.7. The third-order valence-corrected chi connectivity index (χ3v) is 4.94. The van der Waals surface area contributed by atoms with Crippen molar-refractivity contribution in [1.82, 2.24) is 5.32 Å². The first-order chi connectivity index (χ1) is 13.8. The molecule has 3 aromatic rings. The van der Waals surface area contributed by atoms with Crippen LogP contribution in [0.4, 0.5) is 13.2 Å². The van der Waals surface area contributed by atoms with Crippen LogP contribution in [0.15, 0.2) is 66.7 Å². The molecule has 5 heteroatoms. The Balaban J connectivity index is 1.80. The monoisotopic (exact) mass is 399 g/mol. The third kappa shape index (κ3) is 5.18. The van der Waals surface area contributed by atoms with E-state index in [2.05, 4.69) is 37.4 Å². The highest BCUT2D eigenvalue weighted by molar-refractivity contribution is 5.71. The lowest BCUT2D eigenvalue weighted by atomic mass is 10.00. The number of hydrogen-bond acceptors (Lipinski definition) is 2. The first kappa shape index (κ1) is 20.9. The van der Waals surface area contributed by atoms with E-state index in [1.54, 1.807) is 7.11 Å². The summed E-state index contributed by atoms with van der Waals surface area (Å²) in [4.78, 5) is 0. The second-order valence-electron chi connectivity index (χ2n) is 7.13. The van der Waals surface area contributed by atoms with Gasteiger partial charge in [-0.15, -0.1) is 0 Å². The van der Waals surface area contributed by atoms with Crippen LogP contribution in [0.1, 0.15) is 35.2 Å². The number of alkyl halides is 3. The van der Waals surface area contributed by atoms with Crippen molar-refractivity contribution in [2.24, 2.45) is 0 Å². The van der Waals surface area contributed by atoms with E-state index in [1.807, 2.05) is 24.3 Å². The van der Waals surface area contributed by atoms with E-state index in [1.165, 1.54) is 23.3 Å². The van der Waals surface area contributed by atoms with Crippen LogP contribution in [0.5, 0.6) is 5.75 Å². The van der Waals surface area contributed by atoms with E-state index in [0.29, 0.717) is 17.9 Å². The maximum absolute atomic E-state index is 12.8. The van der Waals surface area contributed by atoms with Crippen LogP contribution < -0.4 is 10.1 Å². The summed E-state index contributed by atoms with van der Waals surface area (Å²) in [5, 5.41) is 3.50. The fourth-order valence-corrected chi connectivity index (χ4v) is 3.26. The molecule has 0 aromatic heterocycles. The number of halogens is 3. The summed E-state index contributed by atoms with van der Waals surface area (Å²) in [5.74, 6) is 0.625. The number of ether oxygens (including phenoxy) is 1. The summed E-state index contributed by atoms with van der Waals surface area (Å²) in [6.07, 6.45) is -4.35. The number of methoxy groups -OCH3 is 1. The molecule has 1 atom stereocenters. The molecule has 3 rings (SSSR count). The number of nitrogens with one attached hydrogen (secondary N) is 1. The van der Waals surface area contributed by atoms with Crippen molar-refractivity contribution >= 4 is 0 Å². The number of rotatable bonds is 6. The zero-order valence-corrected chi connectivity index (χ0v) is 16.7. The number of hydrogen-bond donors (Lipinski definition) is 1. The minimum atomic E-state index is -4.35. The topological polar surface area (TPSA) is 21.3 Å². The standard InChI is InChI=1S/C24H24F3NO/c1-16-5-4-6-20(13-16)17(2)28-15-18-7-12-23(29-3)22(14-18)19-8-10-21(11-9-19)24(25,26)27/h4-14,17,28H,15H2,1-3H3. The Morgan fingerprint density at radius 1 is 0.966 bits per heavy atom. The molecule has 152 valence electrons. The van der Waals surface area contributed by atoms with Gasteiger partial charge >= 0.3 is 6.18 Å². The Bertz CT molecular complexity index is 965. The maximum Gasteiger partial charge on any atom is 0.416 e. The number of aryl methyl sites for hydroxylation is 1. The van der Waals surface area contributed by atoms with Gasteiger partial charge < -0.3 is 10.1 Å². The van der Waals surface area contributed by atoms with E-state index < -0.39 is 11.7 Å². The molecule has 0 aliphatic rings. The summed E-state index contributed by atoms with van der Waals surface area (Å²) in [7, 11) is 1.56. The Labute approximate surface area is 169 Å². The molecule has 0 heterocycles. The minimum Gasteiger partial charge on any atom is -0.496 e. The van der Waals surface area contributed by atoms with Crippen molar-refractivity contribution in [3.8, 4) is 16.9 Å². The van der Waals surface area contributed by atoms with E-state index in [9.17, 15) is 13.2 Å². The average Bonchev–Trinajstić information content (AvgIpc) is 2.71. The van der Waals surface area contributed by atoms with Crippen LogP contribution in [0.2, 0.25) is 0 Å². The normalized spacial score (nSPS) is 12.6. The smallest absolute Gasteiger partial charge is 0.416 e. The van der Waals surface area contributed by atoms with Crippen molar-refractivity contribution in [3.05, 3.63) is 89.0 Å². The van der Waals surface area contributed by atoms with Gasteiger partial charge in [0.25, 0.3) is 0 Å². The van der Waals surface area contributed by atoms with Crippen molar-refractivity contribution < 1.29 is 17.9 Å². The largest absolute Gasteiger partial charge is 0.496 e. The van der Waals surface area contributed by atoms with Gasteiger partial charge in [0.05, 0.1) is 12.7 Å². The second kappa shape index (κ2) is 8.70. The molecule has 3 aromatic carbocycles. The first-order valence-electron chi connectivity index (χ1n) is 9.42. The molecule has 0 fully saturated rings. The van der Waals surface area contributed by atoms with Crippen molar-refractivity contribution in [2.45, 2.75) is 32.6 Å². The van der Waals surface area contributed by atoms with Gasteiger partial charge in [-0.05, 0) is 54.8 Å². The van der Waals surface area contributed by atoms with Gasteiger partial charge in [-0.3, -0.25) is 0 Å². The molecular formula is C24H24F3NO. The highest BCUT2D eigenvalue weighted by Gasteiger charge is 2.30. The molecule has 0 aliphatic heterocycles. The Kier molecular flexibility index (Phi) is 6.28. The lowest BCUT2D eigenvalue weighted by molar-refractivity contribution is -0.137. The van der Waals surface area contributed by atoms with Crippen molar-refractivity contribution in [2.75, 3.05) is 7.11 Å². The SMILES string of the molecule is COc1ccc(CNC(C)c2cccc(C)c2)cc1-c1ccc(C(F)(F)F)cc1. The van der Waals surface area contributed by atoms with Gasteiger partial charge in [-0.1, -0.05) is 48.0 Å². The van der Waals surface area contributed by atoms with Gasteiger partial charge in [0.15, 0.2) is 0 Å². The van der Waals surface area contributed by atoms with Crippen LogP contribution in [-0.2, 0) is 12.7 Å². The molecule has 0 saturated heterocycles. The summed E-state index contributed by atoms with van der Waals surface area (Å²) < 4.78 is 43.9. The number of benzene rings is 3. The molecule has 0 amide bonds. The molecule has 1 unspecified atom stereocenters. The lowest BCUT2D eigenvalue weighted by Gasteiger charge is -2.16. The zero-order chi connectivity index (χ0) is 21.0. The Morgan fingerprint density at radius 3 is 2.31 bits per heavy atom. The average molecular weight is 399 g/mol. The highest BCUT2D eigenvalue weighted by atomic mass is 19.4. The van der Waals surface area contributed by atoms with Gasteiger partial charge in [-0.25, -0.2) is 0 Å². The summed E-state index contributed by atoms with van der Waals surface area (Å²) in [6, 6.07) is 19.4. The van der Waals surface area contributed by atoms with E-state index in [-0.39, 0.29) is 6.04 Å². The van der Waals surface area contributed by atoms with E-state index >= 15 is 0 Å². The Morgan fingerprint density at radius 2 is 1.69 bits per heavy atom. The van der Waals surface area contributed by atoms with Crippen LogP contribution in [0.25, 0.3) is 11.1 Å². The van der Waals surface area contributed by atoms with Gasteiger partial charge in [0.1, 0.15) is 5.75 Å². The molecule has 0 radical (unpaired) electrons. The molecular weight excluding hydrogens is 375 g/mol. The fraction of sp³-hybridized carbons (Fsp3) is 0.250. The predicted octanol–water partition coefficient (Wildman–Crippen LogP) is 6.54. The maximum atomic E-state index is 12.8. The molecule has 0 spiro atoms. The molecule has 29 heavy (non-hydrogen) atoms. The Hall–Kier alpha value is -2.79. The molecule has 0 aliphatic carbocycles. The van der Waals surface area contributed by atoms with Crippen molar-refractivity contribution in [3.63, 3.8) is 0 Å². The van der Waals surface area contributed by atoms with E-state index in [4.69, 9.17) is 4.74 Å². The minimum absolute atomic E-state index is 0.173. The van der Waals surface area contributed by atoms with Gasteiger partial charge in [0.2, 0.25) is 0 Å². The summed E-state index contributed by atoms with van der Waals surface area (Å²) in [6.45, 7) is 4.80. The quantitative estimate of drug-likeness (QED) is 0.508. The molecule has 0 saturated carbocycles. The van der Waals surface area contributed by atoms with Gasteiger partial charge in [0, 0.05) is 18.2 Å². The highest BCUT2D eigenvalue weighted by Crippen LogP contribution is 2.34. The summed E-state index contributed by atoms with van der Waals surface area (Å²) in [5.41, 5.74) is 4.24. The lowest BCUT2D eigenvalue weighted by Crippen LogP contribution is -2.18. The van der Waals surface area contributed by atoms with Gasteiger partial charge in [-0.2, -0.15) is 13.2 Å². The third-order valence-electron chi connectivity index (χ3n) is 4.94. The van der Waals surface area contributed by atoms with Crippen LogP contribution in [0, 0.1) is 6.92 Å². The van der Waals surface area contributed by atoms with Crippen LogP contribution >= 0.6 is 0 Å². The molecule has 2 nitrogen and oxygen atoms in total. The predicted molar refractivity (Wildman–Crippen MR) is 110 cm³/mol. The first-order valence-corrected chi connectivity index (χ1v) is 9.42. The van der Waals surface area contributed by atoms with Crippen LogP contribution in [-0.4, -0.2) is 7.11 Å². The summed E-state index contributed by atoms with van der Waals surface area (Å²) >= 11 is 0.